The highest BCUT2D eigenvalue weighted by molar-refractivity contribution is 7.09. The summed E-state index contributed by atoms with van der Waals surface area (Å²) in [5.41, 5.74) is 2.75. The number of carbonyl (C=O) groups excluding carboxylic acids is 1. The number of nitrogens with one attached hydrogen (secondary N) is 1. The molecule has 0 aliphatic carbocycles. The molecule has 1 aliphatic heterocycles. The van der Waals surface area contributed by atoms with Crippen LogP contribution in [0.5, 0.6) is 0 Å². The van der Waals surface area contributed by atoms with E-state index in [2.05, 4.69) is 26.6 Å². The zero-order valence-corrected chi connectivity index (χ0v) is 19.1. The first-order valence-corrected chi connectivity index (χ1v) is 12.1. The molecule has 0 spiro atoms. The number of aromatic nitrogens is 3. The van der Waals surface area contributed by atoms with Crippen LogP contribution in [0.1, 0.15) is 17.7 Å². The second-order valence-electron chi connectivity index (χ2n) is 8.03. The molecule has 4 heterocycles. The summed E-state index contributed by atoms with van der Waals surface area (Å²) in [5.74, 6) is 0.958. The van der Waals surface area contributed by atoms with Gasteiger partial charge in [0.2, 0.25) is 5.91 Å². The molecule has 32 heavy (non-hydrogen) atoms. The van der Waals surface area contributed by atoms with E-state index in [9.17, 15) is 4.79 Å². The maximum atomic E-state index is 12.8. The minimum Gasteiger partial charge on any atom is -0.355 e. The Balaban J connectivity index is 1.31. The van der Waals surface area contributed by atoms with Gasteiger partial charge < -0.3 is 10.2 Å². The molecule has 1 N–H and O–H groups in total. The average Bonchev–Trinajstić information content (AvgIpc) is 3.49. The summed E-state index contributed by atoms with van der Waals surface area (Å²) in [4.78, 5) is 21.0. The van der Waals surface area contributed by atoms with Crippen LogP contribution in [0.2, 0.25) is 5.02 Å². The van der Waals surface area contributed by atoms with Gasteiger partial charge in [-0.3, -0.25) is 4.79 Å². The SMILES string of the molecule is O=C(NCCc1cccs1)C1CCCN(c2nccn3nc(-c4cccc(Cl)c4)cc23)C1. The van der Waals surface area contributed by atoms with Crippen molar-refractivity contribution in [2.75, 3.05) is 24.5 Å². The fourth-order valence-electron chi connectivity index (χ4n) is 4.23. The highest BCUT2D eigenvalue weighted by Gasteiger charge is 2.27. The first kappa shape index (κ1) is 21.0. The zero-order chi connectivity index (χ0) is 21.9. The molecule has 0 bridgehead atoms. The second-order valence-corrected chi connectivity index (χ2v) is 9.49. The molecular weight excluding hydrogens is 442 g/mol. The Morgan fingerprint density at radius 3 is 3.03 bits per heavy atom. The van der Waals surface area contributed by atoms with Gasteiger partial charge in [0.1, 0.15) is 5.52 Å². The number of benzene rings is 1. The first-order chi connectivity index (χ1) is 15.7. The van der Waals surface area contributed by atoms with Gasteiger partial charge in [-0.25, -0.2) is 9.50 Å². The minimum absolute atomic E-state index is 0.0375. The van der Waals surface area contributed by atoms with Gasteiger partial charge in [-0.05, 0) is 48.9 Å². The van der Waals surface area contributed by atoms with Gasteiger partial charge in [-0.2, -0.15) is 5.10 Å². The normalized spacial score (nSPS) is 16.4. The van der Waals surface area contributed by atoms with Gasteiger partial charge in [-0.15, -0.1) is 11.3 Å². The predicted octanol–water partition coefficient (Wildman–Crippen LogP) is 4.69. The molecular formula is C24H24ClN5OS. The second kappa shape index (κ2) is 9.30. The van der Waals surface area contributed by atoms with Crippen molar-refractivity contribution < 1.29 is 4.79 Å². The molecule has 1 amide bonds. The van der Waals surface area contributed by atoms with Gasteiger partial charge in [0.25, 0.3) is 0 Å². The summed E-state index contributed by atoms with van der Waals surface area (Å²) in [5, 5.41) is 10.6. The van der Waals surface area contributed by atoms with E-state index < -0.39 is 0 Å². The summed E-state index contributed by atoms with van der Waals surface area (Å²) in [6.07, 6.45) is 6.36. The number of piperidine rings is 1. The van der Waals surface area contributed by atoms with Crippen molar-refractivity contribution >= 4 is 40.2 Å². The summed E-state index contributed by atoms with van der Waals surface area (Å²) >= 11 is 7.89. The van der Waals surface area contributed by atoms with Crippen LogP contribution in [-0.2, 0) is 11.2 Å². The molecule has 3 aromatic heterocycles. The lowest BCUT2D eigenvalue weighted by molar-refractivity contribution is -0.125. The Morgan fingerprint density at radius 2 is 2.19 bits per heavy atom. The predicted molar refractivity (Wildman–Crippen MR) is 129 cm³/mol. The van der Waals surface area contributed by atoms with E-state index >= 15 is 0 Å². The molecule has 6 nitrogen and oxygen atoms in total. The Hall–Kier alpha value is -2.90. The summed E-state index contributed by atoms with van der Waals surface area (Å²) in [7, 11) is 0. The number of hydrogen-bond donors (Lipinski definition) is 1. The minimum atomic E-state index is -0.0375. The van der Waals surface area contributed by atoms with Crippen molar-refractivity contribution in [3.05, 3.63) is 70.1 Å². The highest BCUT2D eigenvalue weighted by atomic mass is 35.5. The smallest absolute Gasteiger partial charge is 0.224 e. The van der Waals surface area contributed by atoms with Crippen molar-refractivity contribution in [3.8, 4) is 11.3 Å². The zero-order valence-electron chi connectivity index (χ0n) is 17.6. The summed E-state index contributed by atoms with van der Waals surface area (Å²) in [6, 6.07) is 13.9. The van der Waals surface area contributed by atoms with Crippen LogP contribution in [0.25, 0.3) is 16.8 Å². The van der Waals surface area contributed by atoms with Gasteiger partial charge in [0, 0.05) is 47.5 Å². The fourth-order valence-corrected chi connectivity index (χ4v) is 5.13. The number of carbonyl (C=O) groups is 1. The van der Waals surface area contributed by atoms with E-state index in [1.807, 2.05) is 47.1 Å². The van der Waals surface area contributed by atoms with Crippen LogP contribution < -0.4 is 10.2 Å². The lowest BCUT2D eigenvalue weighted by Crippen LogP contribution is -2.44. The van der Waals surface area contributed by atoms with E-state index in [-0.39, 0.29) is 11.8 Å². The van der Waals surface area contributed by atoms with E-state index in [0.29, 0.717) is 18.1 Å². The van der Waals surface area contributed by atoms with Crippen LogP contribution >= 0.6 is 22.9 Å². The number of thiophene rings is 1. The summed E-state index contributed by atoms with van der Waals surface area (Å²) < 4.78 is 1.85. The van der Waals surface area contributed by atoms with E-state index in [1.165, 1.54) is 4.88 Å². The number of fused-ring (bicyclic) bond motifs is 1. The molecule has 1 unspecified atom stereocenters. The monoisotopic (exact) mass is 465 g/mol. The van der Waals surface area contributed by atoms with E-state index in [0.717, 1.165) is 48.4 Å². The number of rotatable bonds is 6. The molecule has 5 rings (SSSR count). The Kier molecular flexibility index (Phi) is 6.10. The maximum absolute atomic E-state index is 12.8. The molecule has 1 atom stereocenters. The molecule has 1 saturated heterocycles. The van der Waals surface area contributed by atoms with E-state index in [1.54, 1.807) is 17.5 Å². The lowest BCUT2D eigenvalue weighted by Gasteiger charge is -2.33. The standard InChI is InChI=1S/C24H24ClN5OS/c25-19-6-1-4-17(14-19)21-15-22-23(26-10-12-30(22)28-21)29-11-2-5-18(16-29)24(31)27-9-8-20-7-3-13-32-20/h1,3-4,6-7,10,12-15,18H,2,5,8-9,11,16H2,(H,27,31). The largest absolute Gasteiger partial charge is 0.355 e. The molecule has 1 aliphatic rings. The number of hydrogen-bond acceptors (Lipinski definition) is 5. The Morgan fingerprint density at radius 1 is 1.25 bits per heavy atom. The van der Waals surface area contributed by atoms with Gasteiger partial charge >= 0.3 is 0 Å². The fraction of sp³-hybridized carbons (Fsp3) is 0.292. The Bertz CT molecular complexity index is 1220. The first-order valence-electron chi connectivity index (χ1n) is 10.8. The summed E-state index contributed by atoms with van der Waals surface area (Å²) in [6.45, 7) is 2.22. The molecule has 0 saturated carbocycles. The van der Waals surface area contributed by atoms with Gasteiger partial charge in [0.05, 0.1) is 11.6 Å². The average molecular weight is 466 g/mol. The van der Waals surface area contributed by atoms with Crippen LogP contribution in [0.15, 0.2) is 60.2 Å². The molecule has 8 heteroatoms. The molecule has 164 valence electrons. The molecule has 0 radical (unpaired) electrons. The van der Waals surface area contributed by atoms with Crippen molar-refractivity contribution in [2.45, 2.75) is 19.3 Å². The van der Waals surface area contributed by atoms with Crippen molar-refractivity contribution in [1.82, 2.24) is 19.9 Å². The van der Waals surface area contributed by atoms with Crippen molar-refractivity contribution in [3.63, 3.8) is 0 Å². The number of halogens is 1. The van der Waals surface area contributed by atoms with Crippen molar-refractivity contribution in [1.29, 1.82) is 0 Å². The van der Waals surface area contributed by atoms with Gasteiger partial charge in [-0.1, -0.05) is 29.8 Å². The number of anilines is 1. The third-order valence-corrected chi connectivity index (χ3v) is 7.00. The van der Waals surface area contributed by atoms with Crippen LogP contribution in [-0.4, -0.2) is 40.1 Å². The highest BCUT2D eigenvalue weighted by Crippen LogP contribution is 2.29. The molecule has 1 aromatic carbocycles. The van der Waals surface area contributed by atoms with Gasteiger partial charge in [0.15, 0.2) is 5.82 Å². The molecule has 1 fully saturated rings. The topological polar surface area (TPSA) is 62.5 Å². The maximum Gasteiger partial charge on any atom is 0.224 e. The van der Waals surface area contributed by atoms with Crippen molar-refractivity contribution in [2.24, 2.45) is 5.92 Å². The van der Waals surface area contributed by atoms with Crippen LogP contribution in [0.4, 0.5) is 5.82 Å². The lowest BCUT2D eigenvalue weighted by atomic mass is 9.97. The quantitative estimate of drug-likeness (QED) is 0.449. The third kappa shape index (κ3) is 4.49. The van der Waals surface area contributed by atoms with E-state index in [4.69, 9.17) is 16.7 Å². The number of amides is 1. The van der Waals surface area contributed by atoms with Crippen LogP contribution in [0, 0.1) is 5.92 Å². The third-order valence-electron chi connectivity index (χ3n) is 5.83. The van der Waals surface area contributed by atoms with Crippen LogP contribution in [0.3, 0.4) is 0 Å². The Labute approximate surface area is 195 Å². The number of nitrogens with zero attached hydrogens (tertiary/aromatic N) is 4. The molecule has 4 aromatic rings.